The van der Waals surface area contributed by atoms with Crippen molar-refractivity contribution in [1.29, 1.82) is 0 Å². The first kappa shape index (κ1) is 50.5. The minimum absolute atomic E-state index is 0.0519. The Morgan fingerprint density at radius 1 is 0.766 bits per heavy atom. The maximum Gasteiger partial charge on any atom is 0.425 e. The van der Waals surface area contributed by atoms with Gasteiger partial charge in [0.2, 0.25) is 27.2 Å². The van der Waals surface area contributed by atoms with E-state index in [9.17, 15) is 27.7 Å². The number of carbonyl (C=O) groups excluding carboxylic acids is 2. The second-order valence-electron chi connectivity index (χ2n) is 12.0. The van der Waals surface area contributed by atoms with E-state index >= 15 is 0 Å². The molecule has 64 heavy (non-hydrogen) atoms. The molecular formula is C35H41N13O11S5. The summed E-state index contributed by atoms with van der Waals surface area (Å²) >= 11 is 2.87. The van der Waals surface area contributed by atoms with Crippen LogP contribution in [0.1, 0.15) is 47.0 Å². The fourth-order valence-corrected chi connectivity index (χ4v) is 8.25. The number of hydrogen-bond donors (Lipinski definition) is 4. The number of rotatable bonds is 22. The molecule has 5 rings (SSSR count). The van der Waals surface area contributed by atoms with Crippen LogP contribution in [0.3, 0.4) is 0 Å². The second kappa shape index (κ2) is 24.1. The number of aromatic nitrogens is 5. The van der Waals surface area contributed by atoms with Crippen molar-refractivity contribution in [1.82, 2.24) is 24.9 Å². The molecule has 0 bridgehead atoms. The van der Waals surface area contributed by atoms with E-state index in [0.29, 0.717) is 82.9 Å². The number of nitrogens with one attached hydrogen (secondary N) is 2. The Bertz CT molecular complexity index is 2700. The van der Waals surface area contributed by atoms with Crippen molar-refractivity contribution in [3.05, 3.63) is 40.2 Å². The normalized spacial score (nSPS) is 11.2. The number of aldehydes is 2. The van der Waals surface area contributed by atoms with Crippen LogP contribution >= 0.6 is 34.4 Å². The lowest BCUT2D eigenvalue weighted by atomic mass is 10.2. The zero-order valence-electron chi connectivity index (χ0n) is 34.8. The molecule has 0 amide bonds. The minimum Gasteiger partial charge on any atom is -0.494 e. The van der Waals surface area contributed by atoms with Gasteiger partial charge in [0.1, 0.15) is 27.8 Å². The number of carbonyl (C=O) groups is 2. The standard InChI is InChI=1S/C35H41N13O8S4.O3S/c1-7-47(8-2)25-13-21(23(15-27(25)55-5)43-45-33-36-17-20(18-50)58-33)37-31-40-32(42-34(41-31)57-12-11-49)38-22-14-26(48(9-3)10-4)28(56-6)16-24(22)44-46-35-39-30(60(52,53)54)29(19-51)59-35;1-4(2)3/h13-19,49H,7-12H2,1-6H3,(H,52,53,54)(H2,37,38,40,41,42);. The molecular weight excluding hydrogens is 939 g/mol. The van der Waals surface area contributed by atoms with Crippen LogP contribution in [0.4, 0.5) is 56.3 Å². The monoisotopic (exact) mass is 979 g/mol. The zero-order chi connectivity index (χ0) is 47.0. The van der Waals surface area contributed by atoms with E-state index in [1.807, 2.05) is 38.7 Å². The summed E-state index contributed by atoms with van der Waals surface area (Å²) in [6.45, 7) is 10.4. The third kappa shape index (κ3) is 13.7. The molecule has 24 nitrogen and oxygen atoms in total. The highest BCUT2D eigenvalue weighted by atomic mass is 32.2. The fourth-order valence-electron chi connectivity index (χ4n) is 5.52. The number of nitrogens with zero attached hydrogens (tertiary/aromatic N) is 11. The van der Waals surface area contributed by atoms with Crippen molar-refractivity contribution in [3.8, 4) is 11.5 Å². The van der Waals surface area contributed by atoms with E-state index in [1.54, 1.807) is 25.3 Å². The fraction of sp³-hybridized carbons (Fsp3) is 0.343. The van der Waals surface area contributed by atoms with Crippen LogP contribution in [0.15, 0.2) is 61.1 Å². The summed E-state index contributed by atoms with van der Waals surface area (Å²) in [5.41, 5.74) is 2.73. The number of anilines is 6. The van der Waals surface area contributed by atoms with E-state index in [2.05, 4.69) is 60.9 Å². The van der Waals surface area contributed by atoms with Crippen LogP contribution in [-0.4, -0.2) is 121 Å². The SMILES string of the molecule is CCN(CC)c1cc(Nc2nc(Nc3cc(N(CC)CC)c(OC)cc3N=Nc3nc(S(=O)(=O)O)c(C=O)s3)nc(SCCO)n2)c(N=Nc2ncc(C=O)s2)cc1OC.O=S(=O)=O. The molecule has 0 aliphatic carbocycles. The quantitative estimate of drug-likeness (QED) is 0.0241. The zero-order valence-corrected chi connectivity index (χ0v) is 38.9. The summed E-state index contributed by atoms with van der Waals surface area (Å²) in [5, 5.41) is 32.7. The van der Waals surface area contributed by atoms with E-state index in [1.165, 1.54) is 25.1 Å². The Kier molecular flexibility index (Phi) is 19.0. The van der Waals surface area contributed by atoms with Gasteiger partial charge in [-0.2, -0.15) is 23.4 Å². The summed E-state index contributed by atoms with van der Waals surface area (Å²) in [7, 11) is -4.87. The summed E-state index contributed by atoms with van der Waals surface area (Å²) in [6.07, 6.45) is 2.34. The third-order valence-corrected chi connectivity index (χ3v) is 11.7. The lowest BCUT2D eigenvalue weighted by Gasteiger charge is -2.25. The van der Waals surface area contributed by atoms with Crippen molar-refractivity contribution in [3.63, 3.8) is 0 Å². The number of hydrogen-bond acceptors (Lipinski definition) is 26. The Labute approximate surface area is 380 Å². The van der Waals surface area contributed by atoms with Gasteiger partial charge in [0.15, 0.2) is 17.7 Å². The van der Waals surface area contributed by atoms with E-state index in [4.69, 9.17) is 22.1 Å². The summed E-state index contributed by atoms with van der Waals surface area (Å²) in [6, 6.07) is 6.89. The molecule has 5 aromatic rings. The van der Waals surface area contributed by atoms with E-state index in [-0.39, 0.29) is 56.5 Å². The number of azo groups is 2. The molecule has 0 unspecified atom stereocenters. The van der Waals surface area contributed by atoms with Gasteiger partial charge in [-0.1, -0.05) is 34.4 Å². The summed E-state index contributed by atoms with van der Waals surface area (Å²) in [4.78, 5) is 48.8. The highest BCUT2D eigenvalue weighted by Crippen LogP contribution is 2.43. The largest absolute Gasteiger partial charge is 0.494 e. The molecule has 0 atom stereocenters. The van der Waals surface area contributed by atoms with Gasteiger partial charge in [-0.15, -0.1) is 33.1 Å². The Hall–Kier alpha value is -6.11. The number of aliphatic hydroxyl groups excluding tert-OH is 1. The molecule has 29 heteroatoms. The molecule has 3 heterocycles. The van der Waals surface area contributed by atoms with Crippen LogP contribution < -0.4 is 29.9 Å². The van der Waals surface area contributed by atoms with Crippen LogP contribution in [-0.2, 0) is 20.7 Å². The molecule has 2 aromatic carbocycles. The predicted molar refractivity (Wildman–Crippen MR) is 240 cm³/mol. The van der Waals surface area contributed by atoms with Crippen molar-refractivity contribution in [2.24, 2.45) is 20.5 Å². The lowest BCUT2D eigenvalue weighted by molar-refractivity contribution is 0.111. The summed E-state index contributed by atoms with van der Waals surface area (Å²) in [5.74, 6) is 1.37. The molecule has 0 radical (unpaired) electrons. The molecule has 0 fully saturated rings. The molecule has 0 aliphatic rings. The van der Waals surface area contributed by atoms with Crippen molar-refractivity contribution < 1.29 is 49.8 Å². The number of methoxy groups -OCH3 is 2. The average Bonchev–Trinajstić information content (AvgIpc) is 3.93. The first-order valence-corrected chi connectivity index (χ1v) is 23.6. The minimum atomic E-state index is -4.81. The molecule has 0 spiro atoms. The highest BCUT2D eigenvalue weighted by Gasteiger charge is 2.23. The maximum absolute atomic E-state index is 11.8. The Morgan fingerprint density at radius 3 is 1.66 bits per heavy atom. The molecule has 3 aromatic heterocycles. The number of ether oxygens (including phenoxy) is 2. The second-order valence-corrected chi connectivity index (χ2v) is 16.9. The third-order valence-electron chi connectivity index (χ3n) is 8.31. The first-order chi connectivity index (χ1) is 30.6. The van der Waals surface area contributed by atoms with Gasteiger partial charge >= 0.3 is 20.7 Å². The van der Waals surface area contributed by atoms with Gasteiger partial charge in [0, 0.05) is 44.1 Å². The van der Waals surface area contributed by atoms with Gasteiger partial charge in [-0.3, -0.25) is 14.1 Å². The first-order valence-electron chi connectivity index (χ1n) is 18.6. The topological polar surface area (TPSA) is 323 Å². The highest BCUT2D eigenvalue weighted by molar-refractivity contribution is 7.99. The van der Waals surface area contributed by atoms with Crippen molar-refractivity contribution >= 4 is 124 Å². The number of thiazole rings is 2. The average molecular weight is 980 g/mol. The van der Waals surface area contributed by atoms with E-state index in [0.717, 1.165) is 17.0 Å². The molecule has 4 N–H and O–H groups in total. The van der Waals surface area contributed by atoms with Gasteiger partial charge in [0.05, 0.1) is 54.7 Å². The summed E-state index contributed by atoms with van der Waals surface area (Å²) < 4.78 is 70.0. The van der Waals surface area contributed by atoms with Gasteiger partial charge in [-0.25, -0.2) is 9.97 Å². The number of aliphatic hydroxyl groups is 1. The predicted octanol–water partition coefficient (Wildman–Crippen LogP) is 6.76. The van der Waals surface area contributed by atoms with Gasteiger partial charge < -0.3 is 35.0 Å². The lowest BCUT2D eigenvalue weighted by Crippen LogP contribution is -2.22. The number of thioether (sulfide) groups is 1. The Morgan fingerprint density at radius 2 is 1.27 bits per heavy atom. The molecule has 0 aliphatic heterocycles. The van der Waals surface area contributed by atoms with Crippen LogP contribution in [0.5, 0.6) is 11.5 Å². The van der Waals surface area contributed by atoms with Crippen LogP contribution in [0.2, 0.25) is 0 Å². The van der Waals surface area contributed by atoms with E-state index < -0.39 is 25.8 Å². The maximum atomic E-state index is 11.8. The smallest absolute Gasteiger partial charge is 0.425 e. The van der Waals surface area contributed by atoms with Gasteiger partial charge in [-0.05, 0) is 39.8 Å². The van der Waals surface area contributed by atoms with Crippen LogP contribution in [0.25, 0.3) is 0 Å². The van der Waals surface area contributed by atoms with Crippen molar-refractivity contribution in [2.75, 3.05) is 73.2 Å². The van der Waals surface area contributed by atoms with Crippen LogP contribution in [0, 0.1) is 0 Å². The van der Waals surface area contributed by atoms with Crippen molar-refractivity contribution in [2.45, 2.75) is 37.9 Å². The number of benzene rings is 2. The van der Waals surface area contributed by atoms with Gasteiger partial charge in [0.25, 0.3) is 0 Å². The molecule has 0 saturated heterocycles. The molecule has 0 saturated carbocycles. The molecule has 342 valence electrons. The Balaban J connectivity index is 0.00000215.